The summed E-state index contributed by atoms with van der Waals surface area (Å²) in [6.07, 6.45) is 10.2. The van der Waals surface area contributed by atoms with Gasteiger partial charge in [-0.1, -0.05) is 26.7 Å². The van der Waals surface area contributed by atoms with Gasteiger partial charge in [0.25, 0.3) is 0 Å². The van der Waals surface area contributed by atoms with Crippen LogP contribution in [0.2, 0.25) is 0 Å². The molecule has 0 aliphatic heterocycles. The van der Waals surface area contributed by atoms with E-state index in [0.717, 1.165) is 38.0 Å². The van der Waals surface area contributed by atoms with Crippen LogP contribution in [0, 0.1) is 11.3 Å². The maximum atomic E-state index is 11.3. The molecule has 2 heteroatoms. The second kappa shape index (κ2) is 6.88. The fourth-order valence-corrected chi connectivity index (χ4v) is 3.75. The highest BCUT2D eigenvalue weighted by Gasteiger charge is 2.40. The minimum absolute atomic E-state index is 0.450. The van der Waals surface area contributed by atoms with Gasteiger partial charge in [-0.2, -0.15) is 0 Å². The second-order valence-corrected chi connectivity index (χ2v) is 7.48. The Bertz CT molecular complexity index is 286. The topological polar surface area (TPSA) is 37.3 Å². The minimum Gasteiger partial charge on any atom is -0.390 e. The molecular formula is C17H32O2. The highest BCUT2D eigenvalue weighted by Crippen LogP contribution is 2.50. The van der Waals surface area contributed by atoms with Crippen molar-refractivity contribution in [3.8, 4) is 0 Å². The number of hydrogen-bond donors (Lipinski definition) is 1. The van der Waals surface area contributed by atoms with E-state index in [-0.39, 0.29) is 0 Å². The van der Waals surface area contributed by atoms with Gasteiger partial charge in [0.15, 0.2) is 0 Å². The van der Waals surface area contributed by atoms with E-state index in [0.29, 0.717) is 11.2 Å². The van der Waals surface area contributed by atoms with Crippen LogP contribution in [-0.4, -0.2) is 16.5 Å². The Balaban J connectivity index is 0.000000224. The molecule has 2 aliphatic rings. The van der Waals surface area contributed by atoms with Crippen LogP contribution in [0.15, 0.2) is 0 Å². The Morgan fingerprint density at radius 1 is 1.37 bits per heavy atom. The normalized spacial score (nSPS) is 31.2. The summed E-state index contributed by atoms with van der Waals surface area (Å²) in [6.45, 7) is 8.05. The first kappa shape index (κ1) is 16.7. The number of aliphatic hydroxyl groups is 1. The van der Waals surface area contributed by atoms with Crippen molar-refractivity contribution >= 4 is 5.78 Å². The van der Waals surface area contributed by atoms with Crippen LogP contribution >= 0.6 is 0 Å². The van der Waals surface area contributed by atoms with Crippen LogP contribution in [0.3, 0.4) is 0 Å². The molecule has 2 aliphatic carbocycles. The fraction of sp³-hybridized carbons (Fsp3) is 0.941. The van der Waals surface area contributed by atoms with E-state index in [2.05, 4.69) is 13.8 Å². The molecule has 1 N–H and O–H groups in total. The van der Waals surface area contributed by atoms with E-state index < -0.39 is 5.60 Å². The number of Topliss-reactive ketones (excluding diaryl/α,β-unsaturated/α-hetero) is 1. The van der Waals surface area contributed by atoms with Gasteiger partial charge in [0.05, 0.1) is 5.60 Å². The molecule has 2 rings (SSSR count). The van der Waals surface area contributed by atoms with Gasteiger partial charge in [-0.05, 0) is 57.3 Å². The molecule has 0 saturated heterocycles. The molecule has 2 saturated carbocycles. The number of rotatable bonds is 2. The standard InChI is InChI=1S/C11H18O.C6H14O/c1-9-4-6-11(7-9)5-2-3-10(12)8-11;1-4-5-6(2,3)7/h9H,2-8H2,1H3;7H,4-5H2,1-3H3/t9-,11+;/m1./s1. The lowest BCUT2D eigenvalue weighted by molar-refractivity contribution is -0.123. The van der Waals surface area contributed by atoms with Crippen LogP contribution < -0.4 is 0 Å². The van der Waals surface area contributed by atoms with Crippen LogP contribution in [0.1, 0.15) is 85.5 Å². The molecule has 2 fully saturated rings. The van der Waals surface area contributed by atoms with Gasteiger partial charge in [0, 0.05) is 12.8 Å². The van der Waals surface area contributed by atoms with Crippen LogP contribution in [-0.2, 0) is 4.79 Å². The fourth-order valence-electron chi connectivity index (χ4n) is 3.75. The minimum atomic E-state index is -0.450. The van der Waals surface area contributed by atoms with Gasteiger partial charge in [0.1, 0.15) is 5.78 Å². The summed E-state index contributed by atoms with van der Waals surface area (Å²) in [5.41, 5.74) is 0.0174. The molecule has 0 aromatic rings. The van der Waals surface area contributed by atoms with E-state index >= 15 is 0 Å². The molecule has 0 bridgehead atoms. The molecule has 2 nitrogen and oxygen atoms in total. The lowest BCUT2D eigenvalue weighted by Crippen LogP contribution is -2.26. The molecule has 0 heterocycles. The van der Waals surface area contributed by atoms with Gasteiger partial charge < -0.3 is 5.11 Å². The third kappa shape index (κ3) is 6.07. The highest BCUT2D eigenvalue weighted by molar-refractivity contribution is 5.79. The average Bonchev–Trinajstić information content (AvgIpc) is 2.58. The Hall–Kier alpha value is -0.370. The third-order valence-electron chi connectivity index (χ3n) is 4.55. The monoisotopic (exact) mass is 268 g/mol. The molecule has 112 valence electrons. The summed E-state index contributed by atoms with van der Waals surface area (Å²) in [4.78, 5) is 11.3. The molecular weight excluding hydrogens is 236 g/mol. The first-order valence-corrected chi connectivity index (χ1v) is 8.00. The predicted molar refractivity (Wildman–Crippen MR) is 80.1 cm³/mol. The Kier molecular flexibility index (Phi) is 6.04. The lowest BCUT2D eigenvalue weighted by Gasteiger charge is -2.32. The summed E-state index contributed by atoms with van der Waals surface area (Å²) >= 11 is 0. The van der Waals surface area contributed by atoms with Crippen LogP contribution in [0.4, 0.5) is 0 Å². The van der Waals surface area contributed by atoms with Crippen molar-refractivity contribution in [2.24, 2.45) is 11.3 Å². The van der Waals surface area contributed by atoms with Crippen molar-refractivity contribution in [2.45, 2.75) is 91.1 Å². The zero-order chi connectivity index (χ0) is 14.5. The van der Waals surface area contributed by atoms with Crippen LogP contribution in [0.25, 0.3) is 0 Å². The van der Waals surface area contributed by atoms with Gasteiger partial charge in [-0.25, -0.2) is 0 Å². The second-order valence-electron chi connectivity index (χ2n) is 7.48. The van der Waals surface area contributed by atoms with Crippen molar-refractivity contribution < 1.29 is 9.90 Å². The molecule has 2 atom stereocenters. The maximum absolute atomic E-state index is 11.3. The van der Waals surface area contributed by atoms with E-state index in [1.54, 1.807) is 0 Å². The quantitative estimate of drug-likeness (QED) is 0.801. The van der Waals surface area contributed by atoms with Gasteiger partial charge in [-0.15, -0.1) is 0 Å². The molecule has 1 spiro atoms. The van der Waals surface area contributed by atoms with E-state index in [9.17, 15) is 4.79 Å². The van der Waals surface area contributed by atoms with E-state index in [4.69, 9.17) is 5.11 Å². The van der Waals surface area contributed by atoms with Crippen molar-refractivity contribution in [3.05, 3.63) is 0 Å². The maximum Gasteiger partial charge on any atom is 0.133 e. The molecule has 0 unspecified atom stereocenters. The zero-order valence-electron chi connectivity index (χ0n) is 13.3. The predicted octanol–water partition coefficient (Wildman–Crippen LogP) is 4.49. The SMILES string of the molecule is CCCC(C)(C)O.C[C@@H]1CC[C@@]2(CCCC(=O)C2)C1. The van der Waals surface area contributed by atoms with Crippen molar-refractivity contribution in [2.75, 3.05) is 0 Å². The number of ketones is 1. The average molecular weight is 268 g/mol. The van der Waals surface area contributed by atoms with Gasteiger partial charge >= 0.3 is 0 Å². The first-order chi connectivity index (χ1) is 8.76. The molecule has 0 aromatic carbocycles. The summed E-state index contributed by atoms with van der Waals surface area (Å²) in [6, 6.07) is 0. The number of carbonyl (C=O) groups is 1. The first-order valence-electron chi connectivity index (χ1n) is 8.00. The molecule has 0 aromatic heterocycles. The highest BCUT2D eigenvalue weighted by atomic mass is 16.3. The van der Waals surface area contributed by atoms with Crippen molar-refractivity contribution in [1.29, 1.82) is 0 Å². The Labute approximate surface area is 119 Å². The number of hydrogen-bond acceptors (Lipinski definition) is 2. The number of carbonyl (C=O) groups excluding carboxylic acids is 1. The largest absolute Gasteiger partial charge is 0.390 e. The third-order valence-corrected chi connectivity index (χ3v) is 4.55. The summed E-state index contributed by atoms with van der Waals surface area (Å²) in [7, 11) is 0. The zero-order valence-corrected chi connectivity index (χ0v) is 13.3. The van der Waals surface area contributed by atoms with Crippen molar-refractivity contribution in [1.82, 2.24) is 0 Å². The molecule has 19 heavy (non-hydrogen) atoms. The summed E-state index contributed by atoms with van der Waals surface area (Å²) in [5.74, 6) is 1.39. The van der Waals surface area contributed by atoms with Crippen molar-refractivity contribution in [3.63, 3.8) is 0 Å². The Morgan fingerprint density at radius 3 is 2.42 bits per heavy atom. The smallest absolute Gasteiger partial charge is 0.133 e. The van der Waals surface area contributed by atoms with Crippen LogP contribution in [0.5, 0.6) is 0 Å². The van der Waals surface area contributed by atoms with Gasteiger partial charge in [0.2, 0.25) is 0 Å². The lowest BCUT2D eigenvalue weighted by atomic mass is 9.72. The summed E-state index contributed by atoms with van der Waals surface area (Å²) < 4.78 is 0. The Morgan fingerprint density at radius 2 is 2.05 bits per heavy atom. The van der Waals surface area contributed by atoms with Gasteiger partial charge in [-0.3, -0.25) is 4.79 Å². The molecule has 0 amide bonds. The van der Waals surface area contributed by atoms with E-state index in [1.165, 1.54) is 25.7 Å². The van der Waals surface area contributed by atoms with E-state index in [1.807, 2.05) is 13.8 Å². The summed E-state index contributed by atoms with van der Waals surface area (Å²) in [5, 5.41) is 9.02. The molecule has 0 radical (unpaired) electrons.